The summed E-state index contributed by atoms with van der Waals surface area (Å²) in [6.45, 7) is 2.17. The number of hydrogen-bond acceptors (Lipinski definition) is 3. The smallest absolute Gasteiger partial charge is 0.0431 e. The molecular formula is C13H18N2S. The normalized spacial score (nSPS) is 28.4. The summed E-state index contributed by atoms with van der Waals surface area (Å²) in [6.07, 6.45) is 2.34. The third-order valence-electron chi connectivity index (χ3n) is 3.62. The molecule has 1 unspecified atom stereocenters. The van der Waals surface area contributed by atoms with Gasteiger partial charge in [0.1, 0.15) is 0 Å². The average Bonchev–Trinajstić information content (AvgIpc) is 2.87. The quantitative estimate of drug-likeness (QED) is 0.847. The predicted molar refractivity (Wildman–Crippen MR) is 71.2 cm³/mol. The molecule has 2 nitrogen and oxygen atoms in total. The highest BCUT2D eigenvalue weighted by molar-refractivity contribution is 7.99. The molecule has 2 aliphatic rings. The largest absolute Gasteiger partial charge is 0.369 e. The Balaban J connectivity index is 1.78. The van der Waals surface area contributed by atoms with Gasteiger partial charge in [-0.2, -0.15) is 11.8 Å². The van der Waals surface area contributed by atoms with Gasteiger partial charge in [-0.15, -0.1) is 0 Å². The molecule has 0 spiro atoms. The number of thioether (sulfide) groups is 1. The molecule has 0 amide bonds. The van der Waals surface area contributed by atoms with Crippen LogP contribution in [0.5, 0.6) is 0 Å². The summed E-state index contributed by atoms with van der Waals surface area (Å²) in [7, 11) is 0. The van der Waals surface area contributed by atoms with E-state index in [1.165, 1.54) is 23.4 Å². The van der Waals surface area contributed by atoms with Crippen LogP contribution in [0, 0.1) is 0 Å². The fourth-order valence-corrected chi connectivity index (χ4v) is 4.04. The molecule has 0 bridgehead atoms. The average molecular weight is 234 g/mol. The Labute approximate surface area is 101 Å². The number of hydrogen-bond donors (Lipinski definition) is 1. The molecule has 0 saturated carbocycles. The number of para-hydroxylation sites is 1. The lowest BCUT2D eigenvalue weighted by Crippen LogP contribution is -2.50. The van der Waals surface area contributed by atoms with Crippen molar-refractivity contribution in [1.82, 2.24) is 0 Å². The summed E-state index contributed by atoms with van der Waals surface area (Å²) in [5, 5.41) is 0. The fourth-order valence-electron chi connectivity index (χ4n) is 2.70. The molecule has 1 aromatic carbocycles. The number of rotatable bonds is 2. The predicted octanol–water partition coefficient (Wildman–Crippen LogP) is 1.88. The van der Waals surface area contributed by atoms with E-state index in [9.17, 15) is 0 Å². The monoisotopic (exact) mass is 234 g/mol. The van der Waals surface area contributed by atoms with Gasteiger partial charge >= 0.3 is 0 Å². The lowest BCUT2D eigenvalue weighted by atomic mass is 10.00. The zero-order chi connectivity index (χ0) is 11.0. The van der Waals surface area contributed by atoms with E-state index in [4.69, 9.17) is 5.73 Å². The highest BCUT2D eigenvalue weighted by atomic mass is 32.2. The highest BCUT2D eigenvalue weighted by Gasteiger charge is 2.33. The van der Waals surface area contributed by atoms with Crippen LogP contribution in [0.2, 0.25) is 0 Å². The SMILES string of the molecule is NC1(CN2CCc3ccccc32)CCSC1. The van der Waals surface area contributed by atoms with Crippen LogP contribution in [-0.2, 0) is 6.42 Å². The van der Waals surface area contributed by atoms with Crippen molar-refractivity contribution >= 4 is 17.4 Å². The van der Waals surface area contributed by atoms with Crippen LogP contribution in [-0.4, -0.2) is 30.1 Å². The Kier molecular flexibility index (Phi) is 2.60. The van der Waals surface area contributed by atoms with E-state index in [2.05, 4.69) is 29.2 Å². The van der Waals surface area contributed by atoms with Crippen molar-refractivity contribution in [2.24, 2.45) is 5.73 Å². The third-order valence-corrected chi connectivity index (χ3v) is 4.89. The topological polar surface area (TPSA) is 29.3 Å². The number of nitrogens with zero attached hydrogens (tertiary/aromatic N) is 1. The van der Waals surface area contributed by atoms with Crippen LogP contribution in [0.15, 0.2) is 24.3 Å². The Bertz CT molecular complexity index is 385. The maximum Gasteiger partial charge on any atom is 0.0431 e. The molecule has 16 heavy (non-hydrogen) atoms. The molecule has 2 N–H and O–H groups in total. The molecule has 1 fully saturated rings. The van der Waals surface area contributed by atoms with Crippen LogP contribution < -0.4 is 10.6 Å². The van der Waals surface area contributed by atoms with E-state index >= 15 is 0 Å². The Hall–Kier alpha value is -0.670. The van der Waals surface area contributed by atoms with E-state index in [0.29, 0.717) is 0 Å². The van der Waals surface area contributed by atoms with Crippen molar-refractivity contribution in [3.8, 4) is 0 Å². The van der Waals surface area contributed by atoms with Crippen LogP contribution in [0.4, 0.5) is 5.69 Å². The number of benzene rings is 1. The van der Waals surface area contributed by atoms with Crippen molar-refractivity contribution in [3.63, 3.8) is 0 Å². The van der Waals surface area contributed by atoms with E-state index in [1.807, 2.05) is 11.8 Å². The Morgan fingerprint density at radius 2 is 2.25 bits per heavy atom. The van der Waals surface area contributed by atoms with Gasteiger partial charge in [-0.1, -0.05) is 18.2 Å². The summed E-state index contributed by atoms with van der Waals surface area (Å²) in [5.74, 6) is 2.34. The van der Waals surface area contributed by atoms with E-state index in [1.54, 1.807) is 0 Å². The highest BCUT2D eigenvalue weighted by Crippen LogP contribution is 2.32. The first-order chi connectivity index (χ1) is 7.77. The van der Waals surface area contributed by atoms with Crippen molar-refractivity contribution in [1.29, 1.82) is 0 Å². The molecule has 0 radical (unpaired) electrons. The second kappa shape index (κ2) is 3.97. The van der Waals surface area contributed by atoms with Gasteiger partial charge in [-0.25, -0.2) is 0 Å². The molecule has 3 rings (SSSR count). The summed E-state index contributed by atoms with van der Waals surface area (Å²) >= 11 is 1.99. The lowest BCUT2D eigenvalue weighted by Gasteiger charge is -2.30. The van der Waals surface area contributed by atoms with Crippen LogP contribution in [0.3, 0.4) is 0 Å². The summed E-state index contributed by atoms with van der Waals surface area (Å²) in [6, 6.07) is 8.73. The number of fused-ring (bicyclic) bond motifs is 1. The molecule has 1 saturated heterocycles. The van der Waals surface area contributed by atoms with Gasteiger partial charge in [0.05, 0.1) is 0 Å². The van der Waals surface area contributed by atoms with Gasteiger partial charge in [-0.3, -0.25) is 0 Å². The Morgan fingerprint density at radius 3 is 3.06 bits per heavy atom. The van der Waals surface area contributed by atoms with Crippen molar-refractivity contribution in [3.05, 3.63) is 29.8 Å². The third kappa shape index (κ3) is 1.82. The fraction of sp³-hybridized carbons (Fsp3) is 0.538. The van der Waals surface area contributed by atoms with E-state index in [-0.39, 0.29) is 5.54 Å². The zero-order valence-corrected chi connectivity index (χ0v) is 10.3. The first-order valence-electron chi connectivity index (χ1n) is 5.96. The minimum Gasteiger partial charge on any atom is -0.369 e. The number of anilines is 1. The standard InChI is InChI=1S/C13H18N2S/c14-13(6-8-16-10-13)9-15-7-5-11-3-1-2-4-12(11)15/h1-4H,5-10,14H2. The minimum absolute atomic E-state index is 0.0438. The summed E-state index contributed by atoms with van der Waals surface area (Å²) in [5.41, 5.74) is 9.37. The maximum atomic E-state index is 6.43. The minimum atomic E-state index is 0.0438. The molecule has 1 aromatic rings. The van der Waals surface area contributed by atoms with Crippen molar-refractivity contribution < 1.29 is 0 Å². The first-order valence-corrected chi connectivity index (χ1v) is 7.12. The van der Waals surface area contributed by atoms with Gasteiger partial charge in [0.25, 0.3) is 0 Å². The molecule has 2 aliphatic heterocycles. The van der Waals surface area contributed by atoms with Crippen LogP contribution in [0.25, 0.3) is 0 Å². The molecular weight excluding hydrogens is 216 g/mol. The van der Waals surface area contributed by atoms with Crippen LogP contribution >= 0.6 is 11.8 Å². The molecule has 0 aromatic heterocycles. The molecule has 0 aliphatic carbocycles. The maximum absolute atomic E-state index is 6.43. The molecule has 2 heterocycles. The summed E-state index contributed by atoms with van der Waals surface area (Å²) < 4.78 is 0. The summed E-state index contributed by atoms with van der Waals surface area (Å²) in [4.78, 5) is 2.47. The Morgan fingerprint density at radius 1 is 1.38 bits per heavy atom. The van der Waals surface area contributed by atoms with Gasteiger partial charge in [0, 0.05) is 30.1 Å². The van der Waals surface area contributed by atoms with Gasteiger partial charge in [0.15, 0.2) is 0 Å². The van der Waals surface area contributed by atoms with Crippen LogP contribution in [0.1, 0.15) is 12.0 Å². The van der Waals surface area contributed by atoms with E-state index in [0.717, 1.165) is 25.3 Å². The van der Waals surface area contributed by atoms with Crippen molar-refractivity contribution in [2.75, 3.05) is 29.5 Å². The number of nitrogens with two attached hydrogens (primary N) is 1. The van der Waals surface area contributed by atoms with Gasteiger partial charge < -0.3 is 10.6 Å². The first kappa shape index (κ1) is 10.5. The zero-order valence-electron chi connectivity index (χ0n) is 9.48. The lowest BCUT2D eigenvalue weighted by molar-refractivity contribution is 0.476. The molecule has 1 atom stereocenters. The second-order valence-corrected chi connectivity index (χ2v) is 6.07. The van der Waals surface area contributed by atoms with Crippen molar-refractivity contribution in [2.45, 2.75) is 18.4 Å². The molecule has 3 heteroatoms. The van der Waals surface area contributed by atoms with Gasteiger partial charge in [0.2, 0.25) is 0 Å². The molecule has 86 valence electrons. The van der Waals surface area contributed by atoms with Gasteiger partial charge in [-0.05, 0) is 30.2 Å². The second-order valence-electron chi connectivity index (χ2n) is 4.97. The van der Waals surface area contributed by atoms with E-state index < -0.39 is 0 Å².